The second-order valence-corrected chi connectivity index (χ2v) is 7.10. The summed E-state index contributed by atoms with van der Waals surface area (Å²) in [5.74, 6) is 0.219. The molecule has 0 spiro atoms. The summed E-state index contributed by atoms with van der Waals surface area (Å²) in [6.45, 7) is 2.66. The lowest BCUT2D eigenvalue weighted by atomic mass is 9.99. The van der Waals surface area contributed by atoms with E-state index in [4.69, 9.17) is 11.6 Å². The van der Waals surface area contributed by atoms with Crippen LogP contribution in [-0.4, -0.2) is 4.57 Å². The predicted molar refractivity (Wildman–Crippen MR) is 115 cm³/mol. The number of aryl methyl sites for hydroxylation is 1. The summed E-state index contributed by atoms with van der Waals surface area (Å²) in [7, 11) is 0. The molecule has 1 heterocycles. The zero-order valence-electron chi connectivity index (χ0n) is 16.0. The van der Waals surface area contributed by atoms with Crippen LogP contribution in [0.2, 0.25) is 0 Å². The number of nitrogens with zero attached hydrogens (tertiary/aromatic N) is 2. The van der Waals surface area contributed by atoms with E-state index in [1.54, 1.807) is 0 Å². The van der Waals surface area contributed by atoms with Crippen LogP contribution < -0.4 is 5.56 Å². The summed E-state index contributed by atoms with van der Waals surface area (Å²) < 4.78 is 1.84. The molecule has 0 radical (unpaired) electrons. The fourth-order valence-electron chi connectivity index (χ4n) is 3.32. The number of halogens is 1. The average Bonchev–Trinajstić information content (AvgIpc) is 2.74. The van der Waals surface area contributed by atoms with Crippen molar-refractivity contribution in [1.29, 1.82) is 5.26 Å². The van der Waals surface area contributed by atoms with Crippen molar-refractivity contribution in [1.82, 2.24) is 4.57 Å². The number of unbranched alkanes of at least 4 members (excludes halogenated alkanes) is 1. The molecule has 0 unspecified atom stereocenters. The Morgan fingerprint density at radius 1 is 1.04 bits per heavy atom. The van der Waals surface area contributed by atoms with E-state index >= 15 is 0 Å². The molecule has 0 amide bonds. The molecule has 0 atom stereocenters. The number of pyridine rings is 1. The van der Waals surface area contributed by atoms with Gasteiger partial charge in [0.15, 0.2) is 0 Å². The molecule has 1 aromatic heterocycles. The Morgan fingerprint density at radius 2 is 1.79 bits per heavy atom. The molecule has 142 valence electrons. The Bertz CT molecular complexity index is 1050. The molecule has 0 saturated carbocycles. The highest BCUT2D eigenvalue weighted by molar-refractivity contribution is 6.17. The third-order valence-corrected chi connectivity index (χ3v) is 5.21. The largest absolute Gasteiger partial charge is 0.308 e. The standard InChI is InChI=1S/C24H23ClN2O/c1-2-3-7-22-14-13-20(15-25)24(28)27(22)17-18-9-11-19(12-10-18)23-8-5-4-6-21(23)16-26/h4-6,8-14H,2-3,7,15,17H2,1H3. The number of nitriles is 1. The zero-order chi connectivity index (χ0) is 19.9. The van der Waals surface area contributed by atoms with Crippen LogP contribution in [0.5, 0.6) is 0 Å². The van der Waals surface area contributed by atoms with Crippen molar-refractivity contribution in [2.45, 2.75) is 38.6 Å². The molecule has 0 aliphatic rings. The van der Waals surface area contributed by atoms with Crippen LogP contribution >= 0.6 is 11.6 Å². The smallest absolute Gasteiger partial charge is 0.255 e. The van der Waals surface area contributed by atoms with Crippen molar-refractivity contribution >= 4 is 11.6 Å². The first kappa shape index (κ1) is 19.9. The molecule has 4 heteroatoms. The molecular weight excluding hydrogens is 368 g/mol. The van der Waals surface area contributed by atoms with E-state index in [0.29, 0.717) is 17.7 Å². The van der Waals surface area contributed by atoms with Gasteiger partial charge >= 0.3 is 0 Å². The van der Waals surface area contributed by atoms with Crippen LogP contribution in [-0.2, 0) is 18.8 Å². The van der Waals surface area contributed by atoms with E-state index in [2.05, 4.69) is 13.0 Å². The second-order valence-electron chi connectivity index (χ2n) is 6.83. The third-order valence-electron chi connectivity index (χ3n) is 4.93. The normalized spacial score (nSPS) is 10.6. The van der Waals surface area contributed by atoms with Gasteiger partial charge in [0.25, 0.3) is 5.56 Å². The monoisotopic (exact) mass is 390 g/mol. The minimum Gasteiger partial charge on any atom is -0.308 e. The van der Waals surface area contributed by atoms with E-state index in [-0.39, 0.29) is 11.4 Å². The minimum atomic E-state index is -0.0116. The fourth-order valence-corrected chi connectivity index (χ4v) is 3.52. The van der Waals surface area contributed by atoms with Crippen LogP contribution in [0.4, 0.5) is 0 Å². The molecule has 0 bridgehead atoms. The third kappa shape index (κ3) is 4.35. The molecule has 3 aromatic rings. The SMILES string of the molecule is CCCCc1ccc(CCl)c(=O)n1Cc1ccc(-c2ccccc2C#N)cc1. The number of hydrogen-bond acceptors (Lipinski definition) is 2. The Morgan fingerprint density at radius 3 is 2.46 bits per heavy atom. The maximum atomic E-state index is 12.8. The van der Waals surface area contributed by atoms with Crippen LogP contribution in [0.15, 0.2) is 65.5 Å². The van der Waals surface area contributed by atoms with Gasteiger partial charge in [0.1, 0.15) is 0 Å². The van der Waals surface area contributed by atoms with Crippen LogP contribution in [0, 0.1) is 11.3 Å². The van der Waals surface area contributed by atoms with E-state index < -0.39 is 0 Å². The van der Waals surface area contributed by atoms with Crippen molar-refractivity contribution in [2.24, 2.45) is 0 Å². The second kappa shape index (κ2) is 9.39. The molecule has 2 aromatic carbocycles. The molecule has 0 saturated heterocycles. The minimum absolute atomic E-state index is 0.0116. The number of hydrogen-bond donors (Lipinski definition) is 0. The van der Waals surface area contributed by atoms with Gasteiger partial charge in [0.05, 0.1) is 24.1 Å². The van der Waals surface area contributed by atoms with Crippen LogP contribution in [0.25, 0.3) is 11.1 Å². The molecular formula is C24H23ClN2O. The maximum absolute atomic E-state index is 12.8. The van der Waals surface area contributed by atoms with Crippen molar-refractivity contribution in [3.05, 3.63) is 93.4 Å². The van der Waals surface area contributed by atoms with Crippen molar-refractivity contribution in [3.63, 3.8) is 0 Å². The number of aromatic nitrogens is 1. The average molecular weight is 391 g/mol. The Kier molecular flexibility index (Phi) is 6.68. The van der Waals surface area contributed by atoms with Crippen LogP contribution in [0.3, 0.4) is 0 Å². The summed E-state index contributed by atoms with van der Waals surface area (Å²) in [5, 5.41) is 9.31. The lowest BCUT2D eigenvalue weighted by molar-refractivity contribution is 0.662. The summed E-state index contributed by atoms with van der Waals surface area (Å²) >= 11 is 5.94. The summed E-state index contributed by atoms with van der Waals surface area (Å²) in [6.07, 6.45) is 3.00. The Balaban J connectivity index is 1.92. The summed E-state index contributed by atoms with van der Waals surface area (Å²) in [5.41, 5.74) is 5.27. The van der Waals surface area contributed by atoms with Gasteiger partial charge in [-0.25, -0.2) is 0 Å². The Hall–Kier alpha value is -2.83. The molecule has 0 N–H and O–H groups in total. The van der Waals surface area contributed by atoms with E-state index in [1.807, 2.05) is 65.2 Å². The number of benzene rings is 2. The first-order valence-electron chi connectivity index (χ1n) is 9.54. The Labute approximate surface area is 170 Å². The molecule has 3 rings (SSSR count). The maximum Gasteiger partial charge on any atom is 0.255 e. The van der Waals surface area contributed by atoms with Gasteiger partial charge in [0.2, 0.25) is 0 Å². The van der Waals surface area contributed by atoms with E-state index in [9.17, 15) is 10.1 Å². The summed E-state index contributed by atoms with van der Waals surface area (Å²) in [4.78, 5) is 12.8. The van der Waals surface area contributed by atoms with Gasteiger partial charge in [-0.3, -0.25) is 4.79 Å². The quantitative estimate of drug-likeness (QED) is 0.499. The predicted octanol–water partition coefficient (Wildman–Crippen LogP) is 5.52. The van der Waals surface area contributed by atoms with Crippen molar-refractivity contribution in [3.8, 4) is 17.2 Å². The van der Waals surface area contributed by atoms with Gasteiger partial charge in [0, 0.05) is 11.3 Å². The van der Waals surface area contributed by atoms with Gasteiger partial charge in [-0.2, -0.15) is 5.26 Å². The van der Waals surface area contributed by atoms with E-state index in [0.717, 1.165) is 41.6 Å². The van der Waals surface area contributed by atoms with Gasteiger partial charge < -0.3 is 4.57 Å². The fraction of sp³-hybridized carbons (Fsp3) is 0.250. The molecule has 0 fully saturated rings. The lowest BCUT2D eigenvalue weighted by Gasteiger charge is -2.15. The number of alkyl halides is 1. The van der Waals surface area contributed by atoms with Gasteiger partial charge in [-0.15, -0.1) is 11.6 Å². The summed E-state index contributed by atoms with van der Waals surface area (Å²) in [6, 6.07) is 21.7. The highest BCUT2D eigenvalue weighted by Crippen LogP contribution is 2.23. The van der Waals surface area contributed by atoms with E-state index in [1.165, 1.54) is 0 Å². The number of rotatable bonds is 7. The highest BCUT2D eigenvalue weighted by atomic mass is 35.5. The molecule has 0 aliphatic carbocycles. The molecule has 28 heavy (non-hydrogen) atoms. The van der Waals surface area contributed by atoms with Gasteiger partial charge in [-0.05, 0) is 41.7 Å². The lowest BCUT2D eigenvalue weighted by Crippen LogP contribution is -2.26. The zero-order valence-corrected chi connectivity index (χ0v) is 16.7. The first-order chi connectivity index (χ1) is 13.7. The van der Waals surface area contributed by atoms with Crippen molar-refractivity contribution in [2.75, 3.05) is 0 Å². The van der Waals surface area contributed by atoms with Gasteiger partial charge in [-0.1, -0.05) is 61.9 Å². The first-order valence-corrected chi connectivity index (χ1v) is 10.1. The molecule has 0 aliphatic heterocycles. The topological polar surface area (TPSA) is 45.8 Å². The molecule has 3 nitrogen and oxygen atoms in total. The van der Waals surface area contributed by atoms with Crippen LogP contribution in [0.1, 0.15) is 42.1 Å². The van der Waals surface area contributed by atoms with Crippen molar-refractivity contribution < 1.29 is 0 Å². The highest BCUT2D eigenvalue weighted by Gasteiger charge is 2.10.